The number of carboxylic acid groups (broad SMARTS) is 3. The van der Waals surface area contributed by atoms with Crippen LogP contribution in [0.2, 0.25) is 0 Å². The molecular formula is C32H38N6O12. The number of carboxylic acids is 3. The van der Waals surface area contributed by atoms with Crippen LogP contribution in [0.1, 0.15) is 30.4 Å². The van der Waals surface area contributed by atoms with Gasteiger partial charge in [0.1, 0.15) is 29.9 Å². The van der Waals surface area contributed by atoms with Crippen molar-refractivity contribution in [3.05, 3.63) is 65.9 Å². The van der Waals surface area contributed by atoms with Crippen molar-refractivity contribution in [2.75, 3.05) is 6.61 Å². The first-order valence-corrected chi connectivity index (χ1v) is 15.3. The zero-order chi connectivity index (χ0) is 37.0. The van der Waals surface area contributed by atoms with Crippen molar-refractivity contribution in [3.63, 3.8) is 0 Å². The maximum atomic E-state index is 13.7. The molecule has 0 bridgehead atoms. The van der Waals surface area contributed by atoms with Gasteiger partial charge in [-0.1, -0.05) is 30.3 Å². The number of aromatic hydroxyl groups is 1. The van der Waals surface area contributed by atoms with E-state index >= 15 is 0 Å². The molecule has 12 N–H and O–H groups in total. The van der Waals surface area contributed by atoms with Gasteiger partial charge < -0.3 is 57.5 Å². The number of rotatable bonds is 19. The number of phenolic OH excluding ortho intramolecular Hbond substituents is 1. The molecule has 18 nitrogen and oxygen atoms in total. The molecule has 0 radical (unpaired) electrons. The van der Waals surface area contributed by atoms with Crippen LogP contribution in [-0.2, 0) is 46.4 Å². The molecule has 0 spiro atoms. The van der Waals surface area contributed by atoms with E-state index in [1.807, 2.05) is 0 Å². The van der Waals surface area contributed by atoms with Crippen molar-refractivity contribution in [1.82, 2.24) is 26.3 Å². The van der Waals surface area contributed by atoms with E-state index in [0.29, 0.717) is 22.0 Å². The van der Waals surface area contributed by atoms with Gasteiger partial charge in [0.2, 0.25) is 23.6 Å². The minimum absolute atomic E-state index is 0.0975. The molecule has 4 amide bonds. The highest BCUT2D eigenvalue weighted by atomic mass is 16.4. The largest absolute Gasteiger partial charge is 0.508 e. The predicted molar refractivity (Wildman–Crippen MR) is 173 cm³/mol. The third-order valence-electron chi connectivity index (χ3n) is 7.55. The van der Waals surface area contributed by atoms with E-state index in [-0.39, 0.29) is 18.6 Å². The molecule has 2 aromatic carbocycles. The summed E-state index contributed by atoms with van der Waals surface area (Å²) >= 11 is 0. The Balaban J connectivity index is 1.91. The van der Waals surface area contributed by atoms with Crippen LogP contribution in [0.25, 0.3) is 10.9 Å². The highest BCUT2D eigenvalue weighted by molar-refractivity contribution is 5.96. The smallest absolute Gasteiger partial charge is 0.328 e. The normalized spacial score (nSPS) is 14.0. The van der Waals surface area contributed by atoms with Gasteiger partial charge in [0, 0.05) is 36.4 Å². The number of hydrogen-bond donors (Lipinski definition) is 11. The van der Waals surface area contributed by atoms with E-state index < -0.39 is 97.6 Å². The van der Waals surface area contributed by atoms with Crippen LogP contribution in [0.4, 0.5) is 0 Å². The molecule has 268 valence electrons. The van der Waals surface area contributed by atoms with E-state index in [1.54, 1.807) is 30.5 Å². The summed E-state index contributed by atoms with van der Waals surface area (Å²) in [6.07, 6.45) is -0.691. The minimum atomic E-state index is -1.73. The number of fused-ring (bicyclic) bond motifs is 1. The first-order valence-electron chi connectivity index (χ1n) is 15.3. The summed E-state index contributed by atoms with van der Waals surface area (Å²) in [6, 6.07) is 4.66. The summed E-state index contributed by atoms with van der Waals surface area (Å²) in [5.74, 6) is -8.39. The van der Waals surface area contributed by atoms with Gasteiger partial charge in [-0.05, 0) is 35.7 Å². The molecule has 3 aromatic rings. The summed E-state index contributed by atoms with van der Waals surface area (Å²) in [5, 5.41) is 56.7. The Labute approximate surface area is 284 Å². The predicted octanol–water partition coefficient (Wildman–Crippen LogP) is -1.66. The number of hydrogen-bond acceptors (Lipinski definition) is 10. The molecule has 0 aliphatic heterocycles. The molecule has 0 aliphatic rings. The zero-order valence-corrected chi connectivity index (χ0v) is 26.5. The Morgan fingerprint density at radius 3 is 1.86 bits per heavy atom. The highest BCUT2D eigenvalue weighted by Gasteiger charge is 2.33. The van der Waals surface area contributed by atoms with Gasteiger partial charge in [0.25, 0.3) is 0 Å². The fraction of sp³-hybridized carbons (Fsp3) is 0.344. The molecule has 3 rings (SSSR count). The summed E-state index contributed by atoms with van der Waals surface area (Å²) in [7, 11) is 0. The summed E-state index contributed by atoms with van der Waals surface area (Å²) < 4.78 is 0. The first kappa shape index (κ1) is 38.4. The fourth-order valence-electron chi connectivity index (χ4n) is 4.91. The summed E-state index contributed by atoms with van der Waals surface area (Å²) in [5.41, 5.74) is 7.39. The lowest BCUT2D eigenvalue weighted by molar-refractivity contribution is -0.143. The minimum Gasteiger partial charge on any atom is -0.508 e. The van der Waals surface area contributed by atoms with Crippen LogP contribution in [0.15, 0.2) is 54.7 Å². The third kappa shape index (κ3) is 11.3. The van der Waals surface area contributed by atoms with Crippen molar-refractivity contribution in [3.8, 4) is 5.75 Å². The molecule has 0 aliphatic carbocycles. The molecule has 1 heterocycles. The van der Waals surface area contributed by atoms with Crippen LogP contribution in [0.3, 0.4) is 0 Å². The molecule has 18 heteroatoms. The average molecular weight is 699 g/mol. The van der Waals surface area contributed by atoms with Gasteiger partial charge in [-0.2, -0.15) is 0 Å². The van der Waals surface area contributed by atoms with Crippen LogP contribution in [-0.4, -0.2) is 109 Å². The number of aliphatic carboxylic acids is 3. The number of carbonyl (C=O) groups is 7. The summed E-state index contributed by atoms with van der Waals surface area (Å²) in [4.78, 5) is 90.4. The van der Waals surface area contributed by atoms with Gasteiger partial charge >= 0.3 is 17.9 Å². The molecular weight excluding hydrogens is 660 g/mol. The van der Waals surface area contributed by atoms with Crippen molar-refractivity contribution in [1.29, 1.82) is 0 Å². The number of para-hydroxylation sites is 1. The lowest BCUT2D eigenvalue weighted by Gasteiger charge is -2.26. The average Bonchev–Trinajstić information content (AvgIpc) is 3.47. The Morgan fingerprint density at radius 2 is 1.26 bits per heavy atom. The molecule has 50 heavy (non-hydrogen) atoms. The van der Waals surface area contributed by atoms with E-state index in [2.05, 4.69) is 26.3 Å². The quantitative estimate of drug-likeness (QED) is 0.0669. The van der Waals surface area contributed by atoms with E-state index in [1.165, 1.54) is 24.3 Å². The maximum Gasteiger partial charge on any atom is 0.328 e. The van der Waals surface area contributed by atoms with E-state index in [0.717, 1.165) is 0 Å². The maximum absolute atomic E-state index is 13.7. The number of nitrogens with one attached hydrogen (secondary N) is 5. The molecule has 0 saturated carbocycles. The van der Waals surface area contributed by atoms with Gasteiger partial charge in [-0.15, -0.1) is 0 Å². The lowest BCUT2D eigenvalue weighted by Crippen LogP contribution is -2.59. The Morgan fingerprint density at radius 1 is 0.700 bits per heavy atom. The molecule has 0 saturated heterocycles. The Bertz CT molecular complexity index is 1710. The molecule has 0 unspecified atom stereocenters. The molecule has 0 fully saturated rings. The zero-order valence-electron chi connectivity index (χ0n) is 26.5. The molecule has 5 atom stereocenters. The second-order valence-corrected chi connectivity index (χ2v) is 11.3. The number of phenols is 1. The second kappa shape index (κ2) is 17.9. The standard InChI is InChI=1S/C32H38N6O12/c33-20(13-27(43)44)28(45)36-24(12-17-14-34-21-4-2-1-3-19(17)21)31(48)35-22(9-10-26(41)42)29(46)37-23(11-16-5-7-18(40)8-6-16)30(47)38-25(15-39)32(49)50/h1-8,14,20,22-25,34,39-40H,9-13,15,33H2,(H,35,48)(H,36,45)(H,37,46)(H,38,47)(H,41,42)(H,43,44)(H,49,50)/t20-,22-,23-,24-,25-/m0/s1. The number of nitrogens with two attached hydrogens (primary N) is 1. The van der Waals surface area contributed by atoms with E-state index in [9.17, 15) is 54.0 Å². The monoisotopic (exact) mass is 698 g/mol. The van der Waals surface area contributed by atoms with Gasteiger partial charge in [-0.25, -0.2) is 4.79 Å². The third-order valence-corrected chi connectivity index (χ3v) is 7.55. The van der Waals surface area contributed by atoms with Crippen LogP contribution in [0.5, 0.6) is 5.75 Å². The lowest BCUT2D eigenvalue weighted by atomic mass is 10.0. The number of aliphatic hydroxyl groups excluding tert-OH is 1. The number of benzene rings is 2. The Hall–Kier alpha value is -6.01. The number of H-pyrrole nitrogens is 1. The second-order valence-electron chi connectivity index (χ2n) is 11.3. The first-order chi connectivity index (χ1) is 23.7. The SMILES string of the molecule is N[C@@H](CC(=O)O)C(=O)N[C@@H](Cc1c[nH]c2ccccc12)C(=O)N[C@@H](CCC(=O)O)C(=O)N[C@@H](Cc1ccc(O)cc1)C(=O)N[C@@H](CO)C(=O)O. The van der Waals surface area contributed by atoms with Crippen LogP contribution < -0.4 is 27.0 Å². The number of aromatic nitrogens is 1. The van der Waals surface area contributed by atoms with Crippen molar-refractivity contribution < 1.29 is 59.1 Å². The van der Waals surface area contributed by atoms with E-state index in [4.69, 9.17) is 10.8 Å². The van der Waals surface area contributed by atoms with Crippen LogP contribution >= 0.6 is 0 Å². The van der Waals surface area contributed by atoms with Gasteiger partial charge in [0.15, 0.2) is 0 Å². The fourth-order valence-corrected chi connectivity index (χ4v) is 4.91. The van der Waals surface area contributed by atoms with Gasteiger partial charge in [-0.3, -0.25) is 28.8 Å². The van der Waals surface area contributed by atoms with Gasteiger partial charge in [0.05, 0.1) is 19.1 Å². The van der Waals surface area contributed by atoms with Crippen molar-refractivity contribution in [2.45, 2.75) is 62.3 Å². The highest BCUT2D eigenvalue weighted by Crippen LogP contribution is 2.19. The number of carbonyl (C=O) groups excluding carboxylic acids is 4. The Kier molecular flexibility index (Phi) is 13.8. The molecule has 1 aromatic heterocycles. The number of aliphatic hydroxyl groups is 1. The van der Waals surface area contributed by atoms with Crippen molar-refractivity contribution >= 4 is 52.4 Å². The number of amides is 4. The number of aromatic amines is 1. The topological polar surface area (TPSA) is 311 Å². The van der Waals surface area contributed by atoms with Crippen LogP contribution in [0, 0.1) is 0 Å². The van der Waals surface area contributed by atoms with Crippen molar-refractivity contribution in [2.24, 2.45) is 5.73 Å². The summed E-state index contributed by atoms with van der Waals surface area (Å²) in [6.45, 7) is -0.974.